The van der Waals surface area contributed by atoms with Crippen molar-refractivity contribution in [3.05, 3.63) is 53.8 Å². The van der Waals surface area contributed by atoms with E-state index in [-0.39, 0.29) is 11.8 Å². The van der Waals surface area contributed by atoms with Gasteiger partial charge in [0.15, 0.2) is 6.10 Å². The molecule has 1 aliphatic heterocycles. The SMILES string of the molecule is CCOC(Cc1ccc(NCCCN2CCOc3cc(F)ccc32)cc1)C(=O)OC. The number of anilines is 2. The third kappa shape index (κ3) is 5.86. The Hall–Kier alpha value is -2.80. The Balaban J connectivity index is 1.45. The molecule has 30 heavy (non-hydrogen) atoms. The first-order valence-electron chi connectivity index (χ1n) is 10.3. The molecule has 0 amide bonds. The molecule has 1 atom stereocenters. The number of hydrogen-bond acceptors (Lipinski definition) is 6. The van der Waals surface area contributed by atoms with Crippen LogP contribution in [-0.2, 0) is 20.7 Å². The van der Waals surface area contributed by atoms with Crippen molar-refractivity contribution >= 4 is 17.3 Å². The van der Waals surface area contributed by atoms with Crippen LogP contribution in [0.3, 0.4) is 0 Å². The molecule has 1 heterocycles. The lowest BCUT2D eigenvalue weighted by Crippen LogP contribution is -2.34. The largest absolute Gasteiger partial charge is 0.489 e. The Morgan fingerprint density at radius 3 is 2.80 bits per heavy atom. The van der Waals surface area contributed by atoms with Crippen molar-refractivity contribution in [3.8, 4) is 5.75 Å². The van der Waals surface area contributed by atoms with Crippen LogP contribution in [0.25, 0.3) is 0 Å². The van der Waals surface area contributed by atoms with E-state index in [4.69, 9.17) is 14.2 Å². The predicted molar refractivity (Wildman–Crippen MR) is 115 cm³/mol. The number of carbonyl (C=O) groups excluding carboxylic acids is 1. The molecule has 0 bridgehead atoms. The van der Waals surface area contributed by atoms with Crippen molar-refractivity contribution < 1.29 is 23.4 Å². The topological polar surface area (TPSA) is 60.0 Å². The maximum absolute atomic E-state index is 13.4. The molecule has 0 saturated carbocycles. The van der Waals surface area contributed by atoms with Gasteiger partial charge in [0.1, 0.15) is 18.2 Å². The highest BCUT2D eigenvalue weighted by Crippen LogP contribution is 2.32. The quantitative estimate of drug-likeness (QED) is 0.471. The summed E-state index contributed by atoms with van der Waals surface area (Å²) in [5.41, 5.74) is 2.98. The molecule has 3 rings (SSSR count). The van der Waals surface area contributed by atoms with E-state index in [0.717, 1.165) is 43.0 Å². The van der Waals surface area contributed by atoms with Crippen LogP contribution < -0.4 is 15.0 Å². The Kier molecular flexibility index (Phi) is 7.90. The van der Waals surface area contributed by atoms with Crippen molar-refractivity contribution in [2.75, 3.05) is 50.2 Å². The second-order valence-corrected chi connectivity index (χ2v) is 7.10. The summed E-state index contributed by atoms with van der Waals surface area (Å²) in [5.74, 6) is -0.0199. The van der Waals surface area contributed by atoms with Gasteiger partial charge in [-0.25, -0.2) is 9.18 Å². The van der Waals surface area contributed by atoms with E-state index >= 15 is 0 Å². The Labute approximate surface area is 176 Å². The summed E-state index contributed by atoms with van der Waals surface area (Å²) in [4.78, 5) is 14.0. The molecular formula is C23H29FN2O4. The monoisotopic (exact) mass is 416 g/mol. The molecule has 0 radical (unpaired) electrons. The predicted octanol–water partition coefficient (Wildman–Crippen LogP) is 3.65. The fourth-order valence-corrected chi connectivity index (χ4v) is 3.50. The molecule has 2 aromatic rings. The minimum absolute atomic E-state index is 0.278. The van der Waals surface area contributed by atoms with Gasteiger partial charge in [-0.3, -0.25) is 0 Å². The van der Waals surface area contributed by atoms with Crippen molar-refractivity contribution in [1.29, 1.82) is 0 Å². The van der Waals surface area contributed by atoms with Crippen molar-refractivity contribution in [2.24, 2.45) is 0 Å². The molecule has 1 unspecified atom stereocenters. The zero-order valence-electron chi connectivity index (χ0n) is 17.5. The first-order chi connectivity index (χ1) is 14.6. The number of fused-ring (bicyclic) bond motifs is 1. The van der Waals surface area contributed by atoms with Crippen LogP contribution in [0, 0.1) is 5.82 Å². The Morgan fingerprint density at radius 2 is 2.07 bits per heavy atom. The summed E-state index contributed by atoms with van der Waals surface area (Å²) in [7, 11) is 1.37. The van der Waals surface area contributed by atoms with E-state index < -0.39 is 6.10 Å². The molecule has 0 saturated heterocycles. The third-order valence-corrected chi connectivity index (χ3v) is 5.02. The fraction of sp³-hybridized carbons (Fsp3) is 0.435. The highest BCUT2D eigenvalue weighted by Gasteiger charge is 2.20. The molecule has 1 N–H and O–H groups in total. The number of halogens is 1. The summed E-state index contributed by atoms with van der Waals surface area (Å²) < 4.78 is 29.2. The number of carbonyl (C=O) groups is 1. The van der Waals surface area contributed by atoms with Crippen LogP contribution in [-0.4, -0.2) is 52.0 Å². The number of hydrogen-bond donors (Lipinski definition) is 1. The van der Waals surface area contributed by atoms with Gasteiger partial charge in [-0.2, -0.15) is 0 Å². The van der Waals surface area contributed by atoms with Crippen LogP contribution in [0.2, 0.25) is 0 Å². The number of esters is 1. The van der Waals surface area contributed by atoms with Gasteiger partial charge in [0.05, 0.1) is 19.3 Å². The fourth-order valence-electron chi connectivity index (χ4n) is 3.50. The molecule has 2 aromatic carbocycles. The summed E-state index contributed by atoms with van der Waals surface area (Å²) >= 11 is 0. The van der Waals surface area contributed by atoms with Gasteiger partial charge in [-0.1, -0.05) is 12.1 Å². The van der Waals surface area contributed by atoms with Crippen molar-refractivity contribution in [1.82, 2.24) is 0 Å². The molecule has 0 spiro atoms. The lowest BCUT2D eigenvalue weighted by Gasteiger charge is -2.31. The molecule has 0 fully saturated rings. The van der Waals surface area contributed by atoms with Gasteiger partial charge in [0.25, 0.3) is 0 Å². The molecule has 162 valence electrons. The maximum atomic E-state index is 13.4. The normalized spacial score (nSPS) is 13.9. The number of benzene rings is 2. The number of nitrogens with one attached hydrogen (secondary N) is 1. The zero-order valence-corrected chi connectivity index (χ0v) is 17.5. The summed E-state index contributed by atoms with van der Waals surface area (Å²) in [6.07, 6.45) is 0.842. The molecule has 0 aromatic heterocycles. The molecule has 6 nitrogen and oxygen atoms in total. The lowest BCUT2D eigenvalue weighted by molar-refractivity contribution is -0.153. The highest BCUT2D eigenvalue weighted by molar-refractivity contribution is 5.75. The average Bonchev–Trinajstić information content (AvgIpc) is 2.76. The summed E-state index contributed by atoms with van der Waals surface area (Å²) in [6.45, 7) is 5.37. The van der Waals surface area contributed by atoms with Crippen molar-refractivity contribution in [2.45, 2.75) is 25.9 Å². The van der Waals surface area contributed by atoms with Gasteiger partial charge in [0, 0.05) is 37.9 Å². The third-order valence-electron chi connectivity index (χ3n) is 5.02. The van der Waals surface area contributed by atoms with Crippen LogP contribution in [0.1, 0.15) is 18.9 Å². The van der Waals surface area contributed by atoms with Gasteiger partial charge in [-0.15, -0.1) is 0 Å². The smallest absolute Gasteiger partial charge is 0.335 e. The van der Waals surface area contributed by atoms with Crippen LogP contribution in [0.15, 0.2) is 42.5 Å². The van der Waals surface area contributed by atoms with Crippen LogP contribution in [0.4, 0.5) is 15.8 Å². The minimum Gasteiger partial charge on any atom is -0.489 e. The van der Waals surface area contributed by atoms with E-state index in [2.05, 4.69) is 10.2 Å². The number of methoxy groups -OCH3 is 1. The van der Waals surface area contributed by atoms with Gasteiger partial charge in [-0.05, 0) is 43.2 Å². The van der Waals surface area contributed by atoms with Gasteiger partial charge in [0.2, 0.25) is 0 Å². The van der Waals surface area contributed by atoms with Crippen molar-refractivity contribution in [3.63, 3.8) is 0 Å². The summed E-state index contributed by atoms with van der Waals surface area (Å²) in [5, 5.41) is 3.42. The first-order valence-corrected chi connectivity index (χ1v) is 10.3. The second-order valence-electron chi connectivity index (χ2n) is 7.10. The maximum Gasteiger partial charge on any atom is 0.335 e. The number of rotatable bonds is 10. The first kappa shape index (κ1) is 21.9. The van der Waals surface area contributed by atoms with E-state index in [1.165, 1.54) is 19.2 Å². The van der Waals surface area contributed by atoms with E-state index in [1.54, 1.807) is 6.07 Å². The number of nitrogens with zero attached hydrogens (tertiary/aromatic N) is 1. The molecule has 0 aliphatic carbocycles. The van der Waals surface area contributed by atoms with E-state index in [1.807, 2.05) is 31.2 Å². The average molecular weight is 416 g/mol. The zero-order chi connectivity index (χ0) is 21.3. The van der Waals surface area contributed by atoms with Gasteiger partial charge >= 0.3 is 5.97 Å². The van der Waals surface area contributed by atoms with Gasteiger partial charge < -0.3 is 24.4 Å². The Bertz CT molecular complexity index is 828. The minimum atomic E-state index is -0.580. The highest BCUT2D eigenvalue weighted by atomic mass is 19.1. The molecule has 1 aliphatic rings. The molecule has 7 heteroatoms. The van der Waals surface area contributed by atoms with Crippen LogP contribution >= 0.6 is 0 Å². The second kappa shape index (κ2) is 10.8. The summed E-state index contributed by atoms with van der Waals surface area (Å²) in [6, 6.07) is 12.7. The number of ether oxygens (including phenoxy) is 3. The van der Waals surface area contributed by atoms with E-state index in [9.17, 15) is 9.18 Å². The standard InChI is InChI=1S/C23H29FN2O4/c1-3-29-22(23(27)28-2)15-17-5-8-19(9-6-17)25-11-4-12-26-13-14-30-21-16-18(24)7-10-20(21)26/h5-10,16,22,25H,3-4,11-15H2,1-2H3. The van der Waals surface area contributed by atoms with E-state index in [0.29, 0.717) is 25.4 Å². The molecular weight excluding hydrogens is 387 g/mol. The van der Waals surface area contributed by atoms with Crippen LogP contribution in [0.5, 0.6) is 5.75 Å². The lowest BCUT2D eigenvalue weighted by atomic mass is 10.1. The Morgan fingerprint density at radius 1 is 1.27 bits per heavy atom.